The van der Waals surface area contributed by atoms with Crippen molar-refractivity contribution < 1.29 is 9.90 Å². The number of nitrogens with zero attached hydrogens (tertiary/aromatic N) is 2. The first-order chi connectivity index (χ1) is 7.84. The Morgan fingerprint density at radius 1 is 1.59 bits per heavy atom. The normalized spacial score (nSPS) is 24.9. The third kappa shape index (κ3) is 4.48. The Morgan fingerprint density at radius 3 is 2.65 bits per heavy atom. The fraction of sp³-hybridized carbons (Fsp3) is 0.769. The molecule has 98 valence electrons. The molecule has 1 aliphatic rings. The standard InChI is InChI=1S/C13H24N2O2/c1-5-15(8-11(2)3)12(16)9-14-7-6-13(4,17)10-14/h17H,2,5-10H2,1,3-4H3. The predicted molar refractivity (Wildman–Crippen MR) is 68.7 cm³/mol. The van der Waals surface area contributed by atoms with E-state index in [1.807, 2.05) is 25.7 Å². The van der Waals surface area contributed by atoms with E-state index in [9.17, 15) is 9.90 Å². The van der Waals surface area contributed by atoms with Gasteiger partial charge in [0.1, 0.15) is 0 Å². The number of carbonyl (C=O) groups excluding carboxylic acids is 1. The molecule has 0 radical (unpaired) electrons. The second-order valence-electron chi connectivity index (χ2n) is 5.32. The Bertz CT molecular complexity index is 300. The lowest BCUT2D eigenvalue weighted by Gasteiger charge is -2.24. The zero-order valence-corrected chi connectivity index (χ0v) is 11.2. The van der Waals surface area contributed by atoms with Crippen molar-refractivity contribution in [3.63, 3.8) is 0 Å². The number of hydrogen-bond donors (Lipinski definition) is 1. The van der Waals surface area contributed by atoms with Crippen molar-refractivity contribution in [3.05, 3.63) is 12.2 Å². The number of hydrogen-bond acceptors (Lipinski definition) is 3. The lowest BCUT2D eigenvalue weighted by Crippen LogP contribution is -2.41. The molecule has 4 nitrogen and oxygen atoms in total. The maximum Gasteiger partial charge on any atom is 0.237 e. The summed E-state index contributed by atoms with van der Waals surface area (Å²) in [6, 6.07) is 0. The summed E-state index contributed by atoms with van der Waals surface area (Å²) in [5.74, 6) is 0.119. The molecule has 1 heterocycles. The van der Waals surface area contributed by atoms with Gasteiger partial charge in [0.05, 0.1) is 12.1 Å². The van der Waals surface area contributed by atoms with Crippen LogP contribution in [-0.4, -0.2) is 59.1 Å². The molecule has 0 aromatic heterocycles. The first-order valence-corrected chi connectivity index (χ1v) is 6.21. The SMILES string of the molecule is C=C(C)CN(CC)C(=O)CN1CCC(C)(O)C1. The highest BCUT2D eigenvalue weighted by atomic mass is 16.3. The average molecular weight is 240 g/mol. The van der Waals surface area contributed by atoms with Crippen LogP contribution in [0.15, 0.2) is 12.2 Å². The van der Waals surface area contributed by atoms with Crippen LogP contribution in [0.2, 0.25) is 0 Å². The lowest BCUT2D eigenvalue weighted by atomic mass is 10.1. The van der Waals surface area contributed by atoms with Crippen molar-refractivity contribution in [1.29, 1.82) is 0 Å². The molecule has 0 aromatic carbocycles. The maximum atomic E-state index is 12.0. The van der Waals surface area contributed by atoms with Crippen LogP contribution in [0.25, 0.3) is 0 Å². The average Bonchev–Trinajstić information content (AvgIpc) is 2.54. The number of rotatable bonds is 5. The third-order valence-corrected chi connectivity index (χ3v) is 3.08. The Balaban J connectivity index is 2.45. The van der Waals surface area contributed by atoms with Crippen molar-refractivity contribution in [2.75, 3.05) is 32.7 Å². The van der Waals surface area contributed by atoms with Crippen LogP contribution in [0.4, 0.5) is 0 Å². The van der Waals surface area contributed by atoms with E-state index >= 15 is 0 Å². The van der Waals surface area contributed by atoms with E-state index in [4.69, 9.17) is 0 Å². The molecule has 1 aliphatic heterocycles. The predicted octanol–water partition coefficient (Wildman–Crippen LogP) is 0.868. The highest BCUT2D eigenvalue weighted by Crippen LogP contribution is 2.19. The molecule has 0 saturated carbocycles. The van der Waals surface area contributed by atoms with Gasteiger partial charge < -0.3 is 10.0 Å². The molecule has 1 rings (SSSR count). The molecule has 4 heteroatoms. The van der Waals surface area contributed by atoms with Crippen LogP contribution < -0.4 is 0 Å². The molecule has 1 N–H and O–H groups in total. The van der Waals surface area contributed by atoms with E-state index in [1.54, 1.807) is 4.90 Å². The van der Waals surface area contributed by atoms with Crippen LogP contribution in [0.5, 0.6) is 0 Å². The van der Waals surface area contributed by atoms with E-state index in [1.165, 1.54) is 0 Å². The molecular weight excluding hydrogens is 216 g/mol. The summed E-state index contributed by atoms with van der Waals surface area (Å²) in [7, 11) is 0. The number of aliphatic hydroxyl groups is 1. The van der Waals surface area contributed by atoms with Crippen molar-refractivity contribution in [1.82, 2.24) is 9.80 Å². The Morgan fingerprint density at radius 2 is 2.24 bits per heavy atom. The first-order valence-electron chi connectivity index (χ1n) is 6.21. The van der Waals surface area contributed by atoms with Gasteiger partial charge in [0, 0.05) is 26.2 Å². The first kappa shape index (κ1) is 14.2. The minimum absolute atomic E-state index is 0.119. The third-order valence-electron chi connectivity index (χ3n) is 3.08. The van der Waals surface area contributed by atoms with Crippen molar-refractivity contribution >= 4 is 5.91 Å². The fourth-order valence-corrected chi connectivity index (χ4v) is 2.17. The van der Waals surface area contributed by atoms with Crippen LogP contribution in [0.3, 0.4) is 0 Å². The molecule has 1 fully saturated rings. The smallest absolute Gasteiger partial charge is 0.237 e. The summed E-state index contributed by atoms with van der Waals surface area (Å²) < 4.78 is 0. The van der Waals surface area contributed by atoms with Crippen LogP contribution in [0.1, 0.15) is 27.2 Å². The number of likely N-dealkylation sites (tertiary alicyclic amines) is 1. The molecule has 0 bridgehead atoms. The van der Waals surface area contributed by atoms with Gasteiger partial charge in [-0.3, -0.25) is 9.69 Å². The molecule has 17 heavy (non-hydrogen) atoms. The molecular formula is C13H24N2O2. The Hall–Kier alpha value is -0.870. The van der Waals surface area contributed by atoms with Gasteiger partial charge in [-0.15, -0.1) is 0 Å². The van der Waals surface area contributed by atoms with Gasteiger partial charge in [-0.05, 0) is 27.2 Å². The highest BCUT2D eigenvalue weighted by Gasteiger charge is 2.32. The van der Waals surface area contributed by atoms with Gasteiger partial charge in [-0.2, -0.15) is 0 Å². The van der Waals surface area contributed by atoms with Crippen molar-refractivity contribution in [2.24, 2.45) is 0 Å². The summed E-state index contributed by atoms with van der Waals surface area (Å²) in [6.07, 6.45) is 0.743. The van der Waals surface area contributed by atoms with Crippen LogP contribution in [0, 0.1) is 0 Å². The van der Waals surface area contributed by atoms with Crippen LogP contribution in [-0.2, 0) is 4.79 Å². The van der Waals surface area contributed by atoms with E-state index in [2.05, 4.69) is 6.58 Å². The molecule has 1 saturated heterocycles. The second-order valence-corrected chi connectivity index (χ2v) is 5.32. The van der Waals surface area contributed by atoms with Gasteiger partial charge in [0.15, 0.2) is 0 Å². The summed E-state index contributed by atoms with van der Waals surface area (Å²) in [5, 5.41) is 9.84. The Labute approximate surface area is 104 Å². The van der Waals surface area contributed by atoms with Gasteiger partial charge >= 0.3 is 0 Å². The number of carbonyl (C=O) groups is 1. The largest absolute Gasteiger partial charge is 0.389 e. The lowest BCUT2D eigenvalue weighted by molar-refractivity contribution is -0.131. The van der Waals surface area contributed by atoms with Gasteiger partial charge in [-0.25, -0.2) is 0 Å². The quantitative estimate of drug-likeness (QED) is 0.725. The number of amides is 1. The maximum absolute atomic E-state index is 12.0. The van der Waals surface area contributed by atoms with Gasteiger partial charge in [0.25, 0.3) is 0 Å². The van der Waals surface area contributed by atoms with Crippen LogP contribution >= 0.6 is 0 Å². The molecule has 1 amide bonds. The van der Waals surface area contributed by atoms with E-state index in [0.29, 0.717) is 26.2 Å². The topological polar surface area (TPSA) is 43.8 Å². The minimum atomic E-state index is -0.633. The zero-order chi connectivity index (χ0) is 13.1. The van der Waals surface area contributed by atoms with E-state index < -0.39 is 5.60 Å². The van der Waals surface area contributed by atoms with Gasteiger partial charge in [0.2, 0.25) is 5.91 Å². The summed E-state index contributed by atoms with van der Waals surface area (Å²) in [6.45, 7) is 12.7. The molecule has 0 aromatic rings. The second kappa shape index (κ2) is 5.65. The number of likely N-dealkylation sites (N-methyl/N-ethyl adjacent to an activating group) is 1. The zero-order valence-electron chi connectivity index (χ0n) is 11.2. The van der Waals surface area contributed by atoms with Crippen molar-refractivity contribution in [3.8, 4) is 0 Å². The molecule has 1 atom stereocenters. The van der Waals surface area contributed by atoms with E-state index in [0.717, 1.165) is 18.5 Å². The Kier molecular flexibility index (Phi) is 4.71. The fourth-order valence-electron chi connectivity index (χ4n) is 2.17. The monoisotopic (exact) mass is 240 g/mol. The highest BCUT2D eigenvalue weighted by molar-refractivity contribution is 5.78. The molecule has 1 unspecified atom stereocenters. The van der Waals surface area contributed by atoms with E-state index in [-0.39, 0.29) is 5.91 Å². The minimum Gasteiger partial charge on any atom is -0.389 e. The summed E-state index contributed by atoms with van der Waals surface area (Å²) >= 11 is 0. The van der Waals surface area contributed by atoms with Crippen molar-refractivity contribution in [2.45, 2.75) is 32.8 Å². The molecule has 0 spiro atoms. The summed E-state index contributed by atoms with van der Waals surface area (Å²) in [5.41, 5.74) is 0.361. The number of β-amino-alcohol motifs (C(OH)–C–C–N with tert-alkyl or cyclic N) is 1. The van der Waals surface area contributed by atoms with Gasteiger partial charge in [-0.1, -0.05) is 12.2 Å². The molecule has 0 aliphatic carbocycles. The summed E-state index contributed by atoms with van der Waals surface area (Å²) in [4.78, 5) is 15.9.